The standard InChI is InChI=1S/C15H22N2O2S/c1-5-14(6-2)17-20(18,19)15-9-7-13(8-10-15)11-16-12(3)4/h1,7-10,12,14,16-17H,6,11H2,2-4H3. The number of sulfonamides is 1. The Morgan fingerprint density at radius 2 is 1.85 bits per heavy atom. The van der Waals surface area contributed by atoms with Crippen molar-refractivity contribution in [1.29, 1.82) is 0 Å². The van der Waals surface area contributed by atoms with E-state index in [1.165, 1.54) is 0 Å². The highest BCUT2D eigenvalue weighted by Gasteiger charge is 2.17. The van der Waals surface area contributed by atoms with Gasteiger partial charge < -0.3 is 5.32 Å². The third-order valence-corrected chi connectivity index (χ3v) is 4.34. The molecule has 0 aliphatic carbocycles. The van der Waals surface area contributed by atoms with Gasteiger partial charge >= 0.3 is 0 Å². The molecule has 1 atom stereocenters. The van der Waals surface area contributed by atoms with Crippen LogP contribution in [-0.4, -0.2) is 20.5 Å². The summed E-state index contributed by atoms with van der Waals surface area (Å²) in [5.41, 5.74) is 1.04. The lowest BCUT2D eigenvalue weighted by Crippen LogP contribution is -2.33. The summed E-state index contributed by atoms with van der Waals surface area (Å²) in [5.74, 6) is 2.42. The molecule has 0 bridgehead atoms. The molecule has 0 aromatic heterocycles. The maximum atomic E-state index is 12.1. The zero-order valence-corrected chi connectivity index (χ0v) is 13.0. The van der Waals surface area contributed by atoms with Crippen LogP contribution < -0.4 is 10.0 Å². The van der Waals surface area contributed by atoms with E-state index in [0.717, 1.165) is 5.56 Å². The van der Waals surface area contributed by atoms with Gasteiger partial charge in [0, 0.05) is 12.6 Å². The first-order valence-corrected chi connectivity index (χ1v) is 8.18. The molecule has 0 saturated carbocycles. The van der Waals surface area contributed by atoms with E-state index in [1.54, 1.807) is 24.3 Å². The summed E-state index contributed by atoms with van der Waals surface area (Å²) in [7, 11) is -3.54. The van der Waals surface area contributed by atoms with Gasteiger partial charge in [-0.2, -0.15) is 4.72 Å². The van der Waals surface area contributed by atoms with Crippen LogP contribution in [0.3, 0.4) is 0 Å². The van der Waals surface area contributed by atoms with Gasteiger partial charge in [0.2, 0.25) is 10.0 Å². The molecule has 2 N–H and O–H groups in total. The second-order valence-electron chi connectivity index (χ2n) is 4.93. The summed E-state index contributed by atoms with van der Waals surface area (Å²) in [6.45, 7) is 6.68. The molecule has 0 aliphatic heterocycles. The van der Waals surface area contributed by atoms with Crippen molar-refractivity contribution in [3.05, 3.63) is 29.8 Å². The molecule has 1 rings (SSSR count). The van der Waals surface area contributed by atoms with Crippen molar-refractivity contribution >= 4 is 10.0 Å². The molecule has 0 amide bonds. The predicted molar refractivity (Wildman–Crippen MR) is 81.7 cm³/mol. The van der Waals surface area contributed by atoms with Gasteiger partial charge in [-0.15, -0.1) is 6.42 Å². The topological polar surface area (TPSA) is 58.2 Å². The van der Waals surface area contributed by atoms with Gasteiger partial charge in [0.05, 0.1) is 10.9 Å². The van der Waals surface area contributed by atoms with Crippen molar-refractivity contribution in [2.75, 3.05) is 0 Å². The zero-order chi connectivity index (χ0) is 15.2. The fraction of sp³-hybridized carbons (Fsp3) is 0.467. The lowest BCUT2D eigenvalue weighted by molar-refractivity contribution is 0.570. The average Bonchev–Trinajstić information content (AvgIpc) is 2.43. The second kappa shape index (κ2) is 7.44. The van der Waals surface area contributed by atoms with Crippen LogP contribution in [-0.2, 0) is 16.6 Å². The molecule has 0 spiro atoms. The van der Waals surface area contributed by atoms with E-state index in [9.17, 15) is 8.42 Å². The Kier molecular flexibility index (Phi) is 6.21. The maximum Gasteiger partial charge on any atom is 0.241 e. The molecule has 0 heterocycles. The lowest BCUT2D eigenvalue weighted by atomic mass is 10.2. The van der Waals surface area contributed by atoms with Crippen LogP contribution in [0.2, 0.25) is 0 Å². The highest BCUT2D eigenvalue weighted by molar-refractivity contribution is 7.89. The van der Waals surface area contributed by atoms with Gasteiger partial charge in [0.15, 0.2) is 0 Å². The number of terminal acetylenes is 1. The van der Waals surface area contributed by atoms with Crippen molar-refractivity contribution in [1.82, 2.24) is 10.0 Å². The molecular weight excluding hydrogens is 272 g/mol. The molecule has 110 valence electrons. The highest BCUT2D eigenvalue weighted by Crippen LogP contribution is 2.11. The summed E-state index contributed by atoms with van der Waals surface area (Å²) >= 11 is 0. The van der Waals surface area contributed by atoms with E-state index in [-0.39, 0.29) is 4.90 Å². The highest BCUT2D eigenvalue weighted by atomic mass is 32.2. The molecule has 20 heavy (non-hydrogen) atoms. The fourth-order valence-corrected chi connectivity index (χ4v) is 2.84. The van der Waals surface area contributed by atoms with Crippen LogP contribution in [0.25, 0.3) is 0 Å². The number of rotatable bonds is 7. The van der Waals surface area contributed by atoms with Crippen molar-refractivity contribution < 1.29 is 8.42 Å². The minimum atomic E-state index is -3.54. The van der Waals surface area contributed by atoms with Gasteiger partial charge in [0.1, 0.15) is 0 Å². The van der Waals surface area contributed by atoms with Crippen molar-refractivity contribution in [2.24, 2.45) is 0 Å². The lowest BCUT2D eigenvalue weighted by Gasteiger charge is -2.12. The second-order valence-corrected chi connectivity index (χ2v) is 6.64. The summed E-state index contributed by atoms with van der Waals surface area (Å²) in [4.78, 5) is 0.236. The summed E-state index contributed by atoms with van der Waals surface area (Å²) in [6.07, 6.45) is 5.84. The van der Waals surface area contributed by atoms with Crippen LogP contribution in [0.1, 0.15) is 32.8 Å². The van der Waals surface area contributed by atoms with Gasteiger partial charge in [-0.3, -0.25) is 0 Å². The Morgan fingerprint density at radius 1 is 1.25 bits per heavy atom. The Hall–Kier alpha value is -1.35. The molecule has 1 unspecified atom stereocenters. The molecule has 0 fully saturated rings. The molecule has 1 aromatic carbocycles. The number of nitrogens with one attached hydrogen (secondary N) is 2. The molecule has 0 radical (unpaired) electrons. The van der Waals surface area contributed by atoms with Crippen molar-refractivity contribution in [3.8, 4) is 12.3 Å². The SMILES string of the molecule is C#CC(CC)NS(=O)(=O)c1ccc(CNC(C)C)cc1. The molecule has 5 heteroatoms. The Bertz CT molecular complexity index is 557. The van der Waals surface area contributed by atoms with Crippen LogP contribution in [0.4, 0.5) is 0 Å². The third kappa shape index (κ3) is 4.97. The predicted octanol–water partition coefficient (Wildman–Crippen LogP) is 1.87. The van der Waals surface area contributed by atoms with E-state index in [1.807, 2.05) is 6.92 Å². The normalized spacial score (nSPS) is 13.2. The van der Waals surface area contributed by atoms with E-state index < -0.39 is 16.1 Å². The van der Waals surface area contributed by atoms with Crippen molar-refractivity contribution in [3.63, 3.8) is 0 Å². The van der Waals surface area contributed by atoms with Crippen LogP contribution in [0.15, 0.2) is 29.2 Å². The Labute approximate surface area is 122 Å². The number of hydrogen-bond donors (Lipinski definition) is 2. The zero-order valence-electron chi connectivity index (χ0n) is 12.2. The molecular formula is C15H22N2O2S. The molecule has 1 aromatic rings. The van der Waals surface area contributed by atoms with E-state index in [0.29, 0.717) is 19.0 Å². The first-order chi connectivity index (χ1) is 9.39. The van der Waals surface area contributed by atoms with Crippen molar-refractivity contribution in [2.45, 2.75) is 50.7 Å². The number of benzene rings is 1. The fourth-order valence-electron chi connectivity index (χ4n) is 1.60. The third-order valence-electron chi connectivity index (χ3n) is 2.85. The van der Waals surface area contributed by atoms with Gasteiger partial charge in [-0.05, 0) is 24.1 Å². The largest absolute Gasteiger partial charge is 0.310 e. The quantitative estimate of drug-likeness (QED) is 0.755. The van der Waals surface area contributed by atoms with Gasteiger partial charge in [-0.25, -0.2) is 8.42 Å². The summed E-state index contributed by atoms with van der Waals surface area (Å²) < 4.78 is 26.7. The smallest absolute Gasteiger partial charge is 0.241 e. The number of hydrogen-bond acceptors (Lipinski definition) is 3. The van der Waals surface area contributed by atoms with Crippen LogP contribution in [0.5, 0.6) is 0 Å². The summed E-state index contributed by atoms with van der Waals surface area (Å²) in [5, 5.41) is 3.28. The Balaban J connectivity index is 2.79. The van der Waals surface area contributed by atoms with Crippen LogP contribution >= 0.6 is 0 Å². The first kappa shape index (κ1) is 16.7. The minimum absolute atomic E-state index is 0.236. The first-order valence-electron chi connectivity index (χ1n) is 6.69. The monoisotopic (exact) mass is 294 g/mol. The Morgan fingerprint density at radius 3 is 2.30 bits per heavy atom. The van der Waals surface area contributed by atoms with Gasteiger partial charge in [0.25, 0.3) is 0 Å². The van der Waals surface area contributed by atoms with E-state index >= 15 is 0 Å². The minimum Gasteiger partial charge on any atom is -0.310 e. The van der Waals surface area contributed by atoms with Gasteiger partial charge in [-0.1, -0.05) is 38.8 Å². The molecule has 0 saturated heterocycles. The van der Waals surface area contributed by atoms with Crippen LogP contribution in [0, 0.1) is 12.3 Å². The molecule has 4 nitrogen and oxygen atoms in total. The molecule has 0 aliphatic rings. The average molecular weight is 294 g/mol. The van der Waals surface area contributed by atoms with E-state index in [4.69, 9.17) is 6.42 Å². The maximum absolute atomic E-state index is 12.1. The van der Waals surface area contributed by atoms with E-state index in [2.05, 4.69) is 29.8 Å². The summed E-state index contributed by atoms with van der Waals surface area (Å²) in [6, 6.07) is 6.73.